The molecule has 2 rings (SSSR count). The minimum atomic E-state index is -0.255. The van der Waals surface area contributed by atoms with E-state index in [2.05, 4.69) is 26.6 Å². The first-order valence-corrected chi connectivity index (χ1v) is 7.36. The molecule has 0 aromatic heterocycles. The second kappa shape index (κ2) is 6.63. The minimum absolute atomic E-state index is 0.255. The van der Waals surface area contributed by atoms with Gasteiger partial charge in [0.2, 0.25) is 0 Å². The zero-order chi connectivity index (χ0) is 15.4. The quantitative estimate of drug-likeness (QED) is 0.860. The zero-order valence-electron chi connectivity index (χ0n) is 12.3. The number of nitrogens with one attached hydrogen (secondary N) is 2. The van der Waals surface area contributed by atoms with Crippen LogP contribution in [0.5, 0.6) is 0 Å². The van der Waals surface area contributed by atoms with Crippen LogP contribution in [0.3, 0.4) is 0 Å². The lowest BCUT2D eigenvalue weighted by Crippen LogP contribution is -2.19. The normalized spacial score (nSPS) is 10.1. The number of halogens is 1. The first-order chi connectivity index (χ1) is 9.95. The summed E-state index contributed by atoms with van der Waals surface area (Å²) in [7, 11) is 3.95. The summed E-state index contributed by atoms with van der Waals surface area (Å²) in [4.78, 5) is 14.0. The third-order valence-corrected chi connectivity index (χ3v) is 3.95. The number of aryl methyl sites for hydroxylation is 1. The van der Waals surface area contributed by atoms with Gasteiger partial charge in [-0.3, -0.25) is 0 Å². The van der Waals surface area contributed by atoms with Gasteiger partial charge in [-0.1, -0.05) is 15.9 Å². The Bertz CT molecular complexity index is 638. The van der Waals surface area contributed by atoms with Crippen molar-refractivity contribution in [3.63, 3.8) is 0 Å². The molecule has 2 N–H and O–H groups in total. The molecule has 0 fully saturated rings. The first-order valence-electron chi connectivity index (χ1n) is 6.57. The number of urea groups is 1. The van der Waals surface area contributed by atoms with Gasteiger partial charge in [0, 0.05) is 35.6 Å². The van der Waals surface area contributed by atoms with Crippen LogP contribution in [0.15, 0.2) is 46.9 Å². The third kappa shape index (κ3) is 4.23. The highest BCUT2D eigenvalue weighted by Crippen LogP contribution is 2.20. The molecule has 2 amide bonds. The van der Waals surface area contributed by atoms with Gasteiger partial charge in [-0.15, -0.1) is 0 Å². The van der Waals surface area contributed by atoms with E-state index in [-0.39, 0.29) is 6.03 Å². The standard InChI is InChI=1S/C16H18BrN3O/c1-11-10-13(6-9-15(11)17)19-16(21)18-12-4-7-14(8-5-12)20(2)3/h4-10H,1-3H3,(H2,18,19,21). The molecule has 0 atom stereocenters. The Hall–Kier alpha value is -2.01. The molecule has 4 nitrogen and oxygen atoms in total. The molecule has 0 saturated heterocycles. The van der Waals surface area contributed by atoms with Crippen LogP contribution in [0.25, 0.3) is 0 Å². The maximum Gasteiger partial charge on any atom is 0.323 e. The summed E-state index contributed by atoms with van der Waals surface area (Å²) in [6.45, 7) is 1.98. The molecule has 0 heterocycles. The van der Waals surface area contributed by atoms with E-state index in [1.165, 1.54) is 0 Å². The van der Waals surface area contributed by atoms with Crippen LogP contribution in [0.4, 0.5) is 21.9 Å². The van der Waals surface area contributed by atoms with E-state index in [1.807, 2.05) is 68.4 Å². The van der Waals surface area contributed by atoms with Gasteiger partial charge < -0.3 is 15.5 Å². The van der Waals surface area contributed by atoms with Crippen molar-refractivity contribution in [2.75, 3.05) is 29.6 Å². The van der Waals surface area contributed by atoms with Crippen molar-refractivity contribution in [2.45, 2.75) is 6.92 Å². The second-order valence-corrected chi connectivity index (χ2v) is 5.84. The Morgan fingerprint density at radius 3 is 2.14 bits per heavy atom. The lowest BCUT2D eigenvalue weighted by molar-refractivity contribution is 0.262. The number of hydrogen-bond acceptors (Lipinski definition) is 2. The second-order valence-electron chi connectivity index (χ2n) is 4.98. The summed E-state index contributed by atoms with van der Waals surface area (Å²) >= 11 is 3.44. The molecule has 0 saturated carbocycles. The number of benzene rings is 2. The Morgan fingerprint density at radius 1 is 1.00 bits per heavy atom. The van der Waals surface area contributed by atoms with Crippen LogP contribution in [0, 0.1) is 6.92 Å². The average Bonchev–Trinajstić information content (AvgIpc) is 2.43. The summed E-state index contributed by atoms with van der Waals surface area (Å²) in [5.74, 6) is 0. The van der Waals surface area contributed by atoms with Crippen molar-refractivity contribution in [2.24, 2.45) is 0 Å². The largest absolute Gasteiger partial charge is 0.378 e. The van der Waals surface area contributed by atoms with Crippen LogP contribution >= 0.6 is 15.9 Å². The van der Waals surface area contributed by atoms with Crippen molar-refractivity contribution >= 4 is 39.0 Å². The highest BCUT2D eigenvalue weighted by atomic mass is 79.9. The number of anilines is 3. The number of amides is 2. The number of nitrogens with zero attached hydrogens (tertiary/aromatic N) is 1. The van der Waals surface area contributed by atoms with Gasteiger partial charge in [-0.05, 0) is 55.0 Å². The lowest BCUT2D eigenvalue weighted by Gasteiger charge is -2.13. The molecule has 110 valence electrons. The number of carbonyl (C=O) groups excluding carboxylic acids is 1. The minimum Gasteiger partial charge on any atom is -0.378 e. The topological polar surface area (TPSA) is 44.4 Å². The van der Waals surface area contributed by atoms with Gasteiger partial charge in [0.1, 0.15) is 0 Å². The van der Waals surface area contributed by atoms with E-state index in [0.717, 1.165) is 27.1 Å². The summed E-state index contributed by atoms with van der Waals surface area (Å²) in [5.41, 5.74) is 3.68. The van der Waals surface area contributed by atoms with E-state index >= 15 is 0 Å². The molecule has 0 bridgehead atoms. The monoisotopic (exact) mass is 347 g/mol. The molecular formula is C16H18BrN3O. The molecule has 0 aliphatic carbocycles. The van der Waals surface area contributed by atoms with E-state index in [0.29, 0.717) is 0 Å². The maximum atomic E-state index is 12.0. The Morgan fingerprint density at radius 2 is 1.57 bits per heavy atom. The molecule has 21 heavy (non-hydrogen) atoms. The molecule has 0 aliphatic heterocycles. The summed E-state index contributed by atoms with van der Waals surface area (Å²) in [6.07, 6.45) is 0. The van der Waals surface area contributed by atoms with Gasteiger partial charge >= 0.3 is 6.03 Å². The number of rotatable bonds is 3. The fourth-order valence-corrected chi connectivity index (χ4v) is 2.11. The van der Waals surface area contributed by atoms with Crippen molar-refractivity contribution in [1.82, 2.24) is 0 Å². The highest BCUT2D eigenvalue weighted by molar-refractivity contribution is 9.10. The van der Waals surface area contributed by atoms with Crippen molar-refractivity contribution in [1.29, 1.82) is 0 Å². The maximum absolute atomic E-state index is 12.0. The van der Waals surface area contributed by atoms with E-state index in [1.54, 1.807) is 0 Å². The number of carbonyl (C=O) groups is 1. The molecule has 2 aromatic carbocycles. The molecule has 0 unspecified atom stereocenters. The third-order valence-electron chi connectivity index (χ3n) is 3.06. The predicted molar refractivity (Wildman–Crippen MR) is 92.3 cm³/mol. The SMILES string of the molecule is Cc1cc(NC(=O)Nc2ccc(N(C)C)cc2)ccc1Br. The highest BCUT2D eigenvalue weighted by Gasteiger charge is 2.04. The Kier molecular flexibility index (Phi) is 4.85. The Balaban J connectivity index is 1.99. The van der Waals surface area contributed by atoms with Crippen LogP contribution in [-0.2, 0) is 0 Å². The van der Waals surface area contributed by atoms with Crippen LogP contribution < -0.4 is 15.5 Å². The average molecular weight is 348 g/mol. The van der Waals surface area contributed by atoms with Crippen molar-refractivity contribution in [3.05, 3.63) is 52.5 Å². The van der Waals surface area contributed by atoms with Crippen LogP contribution in [-0.4, -0.2) is 20.1 Å². The van der Waals surface area contributed by atoms with Gasteiger partial charge in [-0.2, -0.15) is 0 Å². The lowest BCUT2D eigenvalue weighted by atomic mass is 10.2. The molecule has 0 radical (unpaired) electrons. The van der Waals surface area contributed by atoms with Gasteiger partial charge in [-0.25, -0.2) is 4.79 Å². The van der Waals surface area contributed by atoms with Crippen molar-refractivity contribution < 1.29 is 4.79 Å². The first kappa shape index (κ1) is 15.4. The number of hydrogen-bond donors (Lipinski definition) is 2. The molecular weight excluding hydrogens is 330 g/mol. The Labute approximate surface area is 133 Å². The van der Waals surface area contributed by atoms with Crippen LogP contribution in [0.1, 0.15) is 5.56 Å². The van der Waals surface area contributed by atoms with E-state index in [9.17, 15) is 4.79 Å². The van der Waals surface area contributed by atoms with Gasteiger partial charge in [0.25, 0.3) is 0 Å². The van der Waals surface area contributed by atoms with Gasteiger partial charge in [0.05, 0.1) is 0 Å². The zero-order valence-corrected chi connectivity index (χ0v) is 13.9. The molecule has 0 aliphatic rings. The summed E-state index contributed by atoms with van der Waals surface area (Å²) < 4.78 is 1.02. The molecule has 0 spiro atoms. The fourth-order valence-electron chi connectivity index (χ4n) is 1.86. The van der Waals surface area contributed by atoms with Gasteiger partial charge in [0.15, 0.2) is 0 Å². The molecule has 2 aromatic rings. The molecule has 5 heteroatoms. The fraction of sp³-hybridized carbons (Fsp3) is 0.188. The van der Waals surface area contributed by atoms with Crippen LogP contribution in [0.2, 0.25) is 0 Å². The van der Waals surface area contributed by atoms with E-state index in [4.69, 9.17) is 0 Å². The predicted octanol–water partition coefficient (Wildman–Crippen LogP) is 4.47. The summed E-state index contributed by atoms with van der Waals surface area (Å²) in [6, 6.07) is 13.1. The van der Waals surface area contributed by atoms with E-state index < -0.39 is 0 Å². The smallest absolute Gasteiger partial charge is 0.323 e. The summed E-state index contributed by atoms with van der Waals surface area (Å²) in [5, 5.41) is 5.62. The van der Waals surface area contributed by atoms with Crippen molar-refractivity contribution in [3.8, 4) is 0 Å².